The normalized spacial score (nSPS) is 24.6. The third-order valence-electron chi connectivity index (χ3n) is 2.64. The van der Waals surface area contributed by atoms with Gasteiger partial charge in [-0.15, -0.1) is 0 Å². The van der Waals surface area contributed by atoms with E-state index in [4.69, 9.17) is 10.5 Å². The number of hydrogen-bond acceptors (Lipinski definition) is 4. The van der Waals surface area contributed by atoms with Crippen LogP contribution in [0.1, 0.15) is 19.8 Å². The van der Waals surface area contributed by atoms with Gasteiger partial charge in [0.15, 0.2) is 0 Å². The van der Waals surface area contributed by atoms with Crippen molar-refractivity contribution in [1.29, 1.82) is 0 Å². The van der Waals surface area contributed by atoms with E-state index in [1.807, 2.05) is 19.1 Å². The highest BCUT2D eigenvalue weighted by Gasteiger charge is 2.29. The third-order valence-corrected chi connectivity index (χ3v) is 2.64. The number of anilines is 2. The Morgan fingerprint density at radius 1 is 1.53 bits per heavy atom. The number of hydrogen-bond donors (Lipinski definition) is 2. The number of rotatable bonds is 4. The molecule has 82 valence electrons. The number of nitrogens with one attached hydrogen (secondary N) is 1. The molecule has 1 aliphatic rings. The van der Waals surface area contributed by atoms with Crippen LogP contribution in [-0.2, 0) is 4.74 Å². The summed E-state index contributed by atoms with van der Waals surface area (Å²) in [7, 11) is 0. The minimum atomic E-state index is 0.432. The van der Waals surface area contributed by atoms with Gasteiger partial charge in [-0.2, -0.15) is 0 Å². The fourth-order valence-corrected chi connectivity index (χ4v) is 1.76. The Morgan fingerprint density at radius 2 is 2.33 bits per heavy atom. The second-order valence-electron chi connectivity index (χ2n) is 3.87. The van der Waals surface area contributed by atoms with Crippen LogP contribution in [0.2, 0.25) is 0 Å². The van der Waals surface area contributed by atoms with Gasteiger partial charge in [-0.05, 0) is 31.9 Å². The fraction of sp³-hybridized carbons (Fsp3) is 0.545. The van der Waals surface area contributed by atoms with Crippen molar-refractivity contribution in [1.82, 2.24) is 4.98 Å². The number of pyridine rings is 1. The van der Waals surface area contributed by atoms with Gasteiger partial charge in [0, 0.05) is 12.6 Å². The summed E-state index contributed by atoms with van der Waals surface area (Å²) in [6.45, 7) is 2.83. The molecular weight excluding hydrogens is 190 g/mol. The molecule has 1 heterocycles. The molecule has 1 saturated carbocycles. The quantitative estimate of drug-likeness (QED) is 0.788. The van der Waals surface area contributed by atoms with Crippen molar-refractivity contribution in [3.05, 3.63) is 18.3 Å². The Labute approximate surface area is 89.8 Å². The summed E-state index contributed by atoms with van der Waals surface area (Å²) in [6.07, 6.45) is 4.24. The van der Waals surface area contributed by atoms with Crippen LogP contribution in [0.15, 0.2) is 18.3 Å². The molecule has 2 rings (SSSR count). The van der Waals surface area contributed by atoms with Gasteiger partial charge >= 0.3 is 0 Å². The number of aromatic nitrogens is 1. The molecule has 4 nitrogen and oxygen atoms in total. The van der Waals surface area contributed by atoms with E-state index < -0.39 is 0 Å². The highest BCUT2D eigenvalue weighted by atomic mass is 16.5. The first-order chi connectivity index (χ1) is 7.28. The number of nitrogens with two attached hydrogens (primary N) is 1. The van der Waals surface area contributed by atoms with Crippen molar-refractivity contribution in [3.63, 3.8) is 0 Å². The zero-order valence-electron chi connectivity index (χ0n) is 8.94. The van der Waals surface area contributed by atoms with Crippen molar-refractivity contribution < 1.29 is 4.74 Å². The van der Waals surface area contributed by atoms with Crippen molar-refractivity contribution in [2.75, 3.05) is 17.7 Å². The lowest BCUT2D eigenvalue weighted by Gasteiger charge is -2.35. The van der Waals surface area contributed by atoms with Gasteiger partial charge < -0.3 is 15.8 Å². The Morgan fingerprint density at radius 3 is 2.93 bits per heavy atom. The van der Waals surface area contributed by atoms with E-state index in [0.717, 1.165) is 25.3 Å². The zero-order valence-corrected chi connectivity index (χ0v) is 8.94. The third kappa shape index (κ3) is 2.59. The highest BCUT2D eigenvalue weighted by molar-refractivity contribution is 5.44. The van der Waals surface area contributed by atoms with Gasteiger partial charge in [-0.3, -0.25) is 0 Å². The maximum Gasteiger partial charge on any atom is 0.126 e. The summed E-state index contributed by atoms with van der Waals surface area (Å²) in [4.78, 5) is 4.19. The SMILES string of the molecule is CCOC1CC(Nc2ccc(N)cn2)C1. The van der Waals surface area contributed by atoms with Gasteiger partial charge in [-0.25, -0.2) is 4.98 Å². The first-order valence-electron chi connectivity index (χ1n) is 5.37. The Hall–Kier alpha value is -1.29. The van der Waals surface area contributed by atoms with E-state index >= 15 is 0 Å². The van der Waals surface area contributed by atoms with Gasteiger partial charge in [-0.1, -0.05) is 0 Å². The summed E-state index contributed by atoms with van der Waals surface area (Å²) in [6, 6.07) is 4.26. The standard InChI is InChI=1S/C11H17N3O/c1-2-15-10-5-9(6-10)14-11-4-3-8(12)7-13-11/h3-4,7,9-10H,2,5-6,12H2,1H3,(H,13,14). The summed E-state index contributed by atoms with van der Waals surface area (Å²) in [5.74, 6) is 0.893. The smallest absolute Gasteiger partial charge is 0.126 e. The van der Waals surface area contributed by atoms with Gasteiger partial charge in [0.05, 0.1) is 18.0 Å². The van der Waals surface area contributed by atoms with Crippen molar-refractivity contribution in [2.45, 2.75) is 31.9 Å². The largest absolute Gasteiger partial charge is 0.397 e. The van der Waals surface area contributed by atoms with Crippen LogP contribution in [0.5, 0.6) is 0 Å². The molecule has 4 heteroatoms. The van der Waals surface area contributed by atoms with Crippen LogP contribution in [-0.4, -0.2) is 23.7 Å². The van der Waals surface area contributed by atoms with Crippen LogP contribution in [0.3, 0.4) is 0 Å². The lowest BCUT2D eigenvalue weighted by Crippen LogP contribution is -2.40. The number of nitrogens with zero attached hydrogens (tertiary/aromatic N) is 1. The van der Waals surface area contributed by atoms with E-state index in [9.17, 15) is 0 Å². The molecule has 0 aliphatic heterocycles. The molecule has 1 aliphatic carbocycles. The van der Waals surface area contributed by atoms with Crippen molar-refractivity contribution in [3.8, 4) is 0 Å². The van der Waals surface area contributed by atoms with Crippen molar-refractivity contribution >= 4 is 11.5 Å². The molecule has 0 spiro atoms. The molecule has 0 amide bonds. The van der Waals surface area contributed by atoms with Gasteiger partial charge in [0.2, 0.25) is 0 Å². The second kappa shape index (κ2) is 4.49. The lowest BCUT2D eigenvalue weighted by molar-refractivity contribution is 0.00292. The molecule has 1 fully saturated rings. The van der Waals surface area contributed by atoms with Crippen LogP contribution in [0.25, 0.3) is 0 Å². The minimum Gasteiger partial charge on any atom is -0.397 e. The summed E-state index contributed by atoms with van der Waals surface area (Å²) >= 11 is 0. The molecule has 3 N–H and O–H groups in total. The van der Waals surface area contributed by atoms with Crippen LogP contribution < -0.4 is 11.1 Å². The monoisotopic (exact) mass is 207 g/mol. The molecule has 1 aromatic rings. The molecule has 0 unspecified atom stereocenters. The first kappa shape index (κ1) is 10.2. The highest BCUT2D eigenvalue weighted by Crippen LogP contribution is 2.26. The van der Waals surface area contributed by atoms with E-state index in [-0.39, 0.29) is 0 Å². The second-order valence-corrected chi connectivity index (χ2v) is 3.87. The molecule has 0 bridgehead atoms. The first-order valence-corrected chi connectivity index (χ1v) is 5.37. The number of ether oxygens (including phenoxy) is 1. The van der Waals surface area contributed by atoms with Crippen molar-refractivity contribution in [2.24, 2.45) is 0 Å². The van der Waals surface area contributed by atoms with E-state index in [1.54, 1.807) is 6.20 Å². The van der Waals surface area contributed by atoms with Crippen LogP contribution in [0, 0.1) is 0 Å². The summed E-state index contributed by atoms with van der Waals surface area (Å²) in [5.41, 5.74) is 6.25. The van der Waals surface area contributed by atoms with Gasteiger partial charge in [0.1, 0.15) is 5.82 Å². The molecule has 0 radical (unpaired) electrons. The van der Waals surface area contributed by atoms with E-state index in [0.29, 0.717) is 17.8 Å². The maximum absolute atomic E-state index is 5.56. The predicted octanol–water partition coefficient (Wildman–Crippen LogP) is 1.64. The molecule has 0 atom stereocenters. The molecule has 0 saturated heterocycles. The summed E-state index contributed by atoms with van der Waals surface area (Å²) < 4.78 is 5.48. The Kier molecular flexibility index (Phi) is 3.06. The predicted molar refractivity (Wildman–Crippen MR) is 60.7 cm³/mol. The maximum atomic E-state index is 5.56. The zero-order chi connectivity index (χ0) is 10.7. The molecule has 0 aromatic carbocycles. The van der Waals surface area contributed by atoms with Crippen LogP contribution in [0.4, 0.5) is 11.5 Å². The lowest BCUT2D eigenvalue weighted by atomic mass is 9.89. The molecule has 1 aromatic heterocycles. The average molecular weight is 207 g/mol. The molecular formula is C11H17N3O. The van der Waals surface area contributed by atoms with E-state index in [2.05, 4.69) is 10.3 Å². The molecule has 15 heavy (non-hydrogen) atoms. The fourth-order valence-electron chi connectivity index (χ4n) is 1.76. The Bertz CT molecular complexity index is 306. The topological polar surface area (TPSA) is 60.2 Å². The van der Waals surface area contributed by atoms with Crippen LogP contribution >= 0.6 is 0 Å². The summed E-state index contributed by atoms with van der Waals surface area (Å²) in [5, 5.41) is 3.35. The van der Waals surface area contributed by atoms with Gasteiger partial charge in [0.25, 0.3) is 0 Å². The number of nitrogen functional groups attached to an aromatic ring is 1. The van der Waals surface area contributed by atoms with E-state index in [1.165, 1.54) is 0 Å². The average Bonchev–Trinajstić information content (AvgIpc) is 2.18. The Balaban J connectivity index is 1.77. The minimum absolute atomic E-state index is 0.432.